The van der Waals surface area contributed by atoms with Gasteiger partial charge >= 0.3 is 6.01 Å². The predicted molar refractivity (Wildman–Crippen MR) is 155 cm³/mol. The maximum atomic E-state index is 16.8. The molecule has 2 aromatic heterocycles. The molecule has 0 aliphatic carbocycles. The molecular formula is C31H30F2N6O3. The fourth-order valence-corrected chi connectivity index (χ4v) is 6.37. The molecule has 0 unspecified atom stereocenters. The largest absolute Gasteiger partial charge is 0.508 e. The zero-order valence-corrected chi connectivity index (χ0v) is 23.3. The Bertz CT molecular complexity index is 1770. The Kier molecular flexibility index (Phi) is 6.48. The van der Waals surface area contributed by atoms with Crippen molar-refractivity contribution in [1.82, 2.24) is 25.2 Å². The van der Waals surface area contributed by atoms with Crippen molar-refractivity contribution in [3.63, 3.8) is 0 Å². The second kappa shape index (κ2) is 10.2. The van der Waals surface area contributed by atoms with Crippen molar-refractivity contribution in [3.8, 4) is 41.2 Å². The molecule has 9 nitrogen and oxygen atoms in total. The smallest absolute Gasteiger partial charge is 0.319 e. The second-order valence-corrected chi connectivity index (χ2v) is 11.2. The summed E-state index contributed by atoms with van der Waals surface area (Å²) < 4.78 is 44.0. The summed E-state index contributed by atoms with van der Waals surface area (Å²) in [6.45, 7) is 5.25. The van der Waals surface area contributed by atoms with Gasteiger partial charge in [0.15, 0.2) is 5.82 Å². The summed E-state index contributed by atoms with van der Waals surface area (Å²) in [5, 5.41) is 14.9. The van der Waals surface area contributed by atoms with E-state index in [1.807, 2.05) is 6.92 Å². The molecular weight excluding hydrogens is 542 g/mol. The van der Waals surface area contributed by atoms with E-state index in [0.29, 0.717) is 23.1 Å². The van der Waals surface area contributed by atoms with Gasteiger partial charge in [-0.05, 0) is 56.9 Å². The number of benzene rings is 2. The van der Waals surface area contributed by atoms with Gasteiger partial charge in [0.2, 0.25) is 5.88 Å². The number of halogens is 2. The Morgan fingerprint density at radius 1 is 1.17 bits per heavy atom. The van der Waals surface area contributed by atoms with E-state index < -0.39 is 11.6 Å². The third-order valence-corrected chi connectivity index (χ3v) is 8.62. The molecule has 0 saturated carbocycles. The van der Waals surface area contributed by atoms with Crippen LogP contribution < -0.4 is 19.7 Å². The van der Waals surface area contributed by atoms with Gasteiger partial charge in [0.1, 0.15) is 46.7 Å². The number of phenolic OH excluding ortho intramolecular Hbond substituents is 1. The van der Waals surface area contributed by atoms with Crippen molar-refractivity contribution in [3.05, 3.63) is 41.5 Å². The maximum absolute atomic E-state index is 16.8. The first-order valence-corrected chi connectivity index (χ1v) is 14.1. The molecule has 42 heavy (non-hydrogen) atoms. The third kappa shape index (κ3) is 4.25. The van der Waals surface area contributed by atoms with Crippen LogP contribution >= 0.6 is 0 Å². The Labute approximate surface area is 241 Å². The van der Waals surface area contributed by atoms with Gasteiger partial charge in [-0.2, -0.15) is 9.97 Å². The van der Waals surface area contributed by atoms with Crippen LogP contribution in [0.1, 0.15) is 25.3 Å². The number of nitrogens with one attached hydrogen (secondary N) is 1. The van der Waals surface area contributed by atoms with E-state index in [9.17, 15) is 9.50 Å². The fraction of sp³-hybridized carbons (Fsp3) is 0.387. The van der Waals surface area contributed by atoms with Crippen LogP contribution in [0.15, 0.2) is 24.3 Å². The van der Waals surface area contributed by atoms with Crippen LogP contribution in [-0.4, -0.2) is 83.0 Å². The summed E-state index contributed by atoms with van der Waals surface area (Å²) in [5.74, 6) is 1.46. The molecule has 4 aromatic rings. The molecule has 2 saturated heterocycles. The minimum absolute atomic E-state index is 0.0312. The van der Waals surface area contributed by atoms with E-state index in [1.165, 1.54) is 24.3 Å². The molecule has 2 aromatic carbocycles. The Balaban J connectivity index is 1.47. The number of likely N-dealkylation sites (N-methyl/N-ethyl adjacent to an activating group) is 1. The van der Waals surface area contributed by atoms with Crippen LogP contribution in [0, 0.1) is 24.0 Å². The standard InChI is InChI=1S/C31H30F2N6O3/c1-4-20-22(32)8-7-17-12-19(40)13-21(24(17)20)27-26(33)28-25-29(39(18-14-34-15-18)10-11-41-30(25)35-27)37-31(36-28)42-16(2)23-6-5-9-38(23)3/h1,7-8,12-13,16,18,23,34,40H,5-6,9-11,14-15H2,2-3H3/t16-,23-/m0/s1. The lowest BCUT2D eigenvalue weighted by atomic mass is 9.95. The van der Waals surface area contributed by atoms with Gasteiger partial charge in [0.25, 0.3) is 0 Å². The van der Waals surface area contributed by atoms with Crippen LogP contribution in [0.4, 0.5) is 14.6 Å². The Morgan fingerprint density at radius 3 is 2.71 bits per heavy atom. The molecule has 0 spiro atoms. The molecule has 2 N–H and O–H groups in total. The lowest BCUT2D eigenvalue weighted by Crippen LogP contribution is -2.58. The zero-order chi connectivity index (χ0) is 29.1. The molecule has 11 heteroatoms. The summed E-state index contributed by atoms with van der Waals surface area (Å²) in [6.07, 6.45) is 7.51. The molecule has 2 fully saturated rings. The van der Waals surface area contributed by atoms with E-state index in [0.717, 1.165) is 32.5 Å². The van der Waals surface area contributed by atoms with Crippen molar-refractivity contribution in [2.75, 3.05) is 44.7 Å². The van der Waals surface area contributed by atoms with Gasteiger partial charge in [0, 0.05) is 30.1 Å². The molecule has 7 rings (SSSR count). The van der Waals surface area contributed by atoms with Crippen molar-refractivity contribution in [2.45, 2.75) is 38.0 Å². The van der Waals surface area contributed by atoms with Crippen LogP contribution in [0.5, 0.6) is 17.6 Å². The highest BCUT2D eigenvalue weighted by atomic mass is 19.1. The van der Waals surface area contributed by atoms with Crippen LogP contribution in [0.2, 0.25) is 0 Å². The first-order valence-electron chi connectivity index (χ1n) is 14.1. The first-order chi connectivity index (χ1) is 20.3. The number of likely N-dealkylation sites (tertiary alicyclic amines) is 1. The van der Waals surface area contributed by atoms with E-state index in [1.54, 1.807) is 0 Å². The van der Waals surface area contributed by atoms with E-state index >= 15 is 4.39 Å². The van der Waals surface area contributed by atoms with Gasteiger partial charge in [0.05, 0.1) is 18.2 Å². The lowest BCUT2D eigenvalue weighted by Gasteiger charge is -2.38. The molecule has 0 bridgehead atoms. The number of fused-ring (bicyclic) bond motifs is 1. The molecule has 3 aliphatic heterocycles. The number of phenols is 1. The highest BCUT2D eigenvalue weighted by Gasteiger charge is 2.35. The van der Waals surface area contributed by atoms with Crippen molar-refractivity contribution in [2.24, 2.45) is 0 Å². The number of hydrogen-bond acceptors (Lipinski definition) is 9. The van der Waals surface area contributed by atoms with Gasteiger partial charge in [-0.25, -0.2) is 13.8 Å². The van der Waals surface area contributed by atoms with Crippen LogP contribution in [-0.2, 0) is 0 Å². The number of aromatic hydroxyl groups is 1. The topological polar surface area (TPSA) is 95.9 Å². The highest BCUT2D eigenvalue weighted by Crippen LogP contribution is 2.43. The van der Waals surface area contributed by atoms with Crippen LogP contribution in [0.25, 0.3) is 32.9 Å². The maximum Gasteiger partial charge on any atom is 0.319 e. The van der Waals surface area contributed by atoms with Gasteiger partial charge in [-0.1, -0.05) is 12.0 Å². The molecule has 216 valence electrons. The quantitative estimate of drug-likeness (QED) is 0.346. The SMILES string of the molecule is C#Cc1c(F)ccc2cc(O)cc(-c3nc4c5c(nc(O[C@@H](C)[C@@H]6CCCN6C)nc5c3F)N(C3CNC3)CCO4)c12. The van der Waals surface area contributed by atoms with Crippen molar-refractivity contribution >= 4 is 27.5 Å². The molecule has 0 radical (unpaired) electrons. The van der Waals surface area contributed by atoms with Crippen molar-refractivity contribution < 1.29 is 23.4 Å². The van der Waals surface area contributed by atoms with Crippen LogP contribution in [0.3, 0.4) is 0 Å². The summed E-state index contributed by atoms with van der Waals surface area (Å²) in [4.78, 5) is 18.3. The molecule has 2 atom stereocenters. The Morgan fingerprint density at radius 2 is 2.00 bits per heavy atom. The zero-order valence-electron chi connectivity index (χ0n) is 23.3. The van der Waals surface area contributed by atoms with Crippen molar-refractivity contribution in [1.29, 1.82) is 0 Å². The fourth-order valence-electron chi connectivity index (χ4n) is 6.37. The summed E-state index contributed by atoms with van der Waals surface area (Å²) in [7, 11) is 2.06. The number of aromatic nitrogens is 3. The number of anilines is 1. The summed E-state index contributed by atoms with van der Waals surface area (Å²) in [5.41, 5.74) is -0.125. The third-order valence-electron chi connectivity index (χ3n) is 8.62. The summed E-state index contributed by atoms with van der Waals surface area (Å²) in [6, 6.07) is 5.86. The monoisotopic (exact) mass is 572 g/mol. The van der Waals surface area contributed by atoms with E-state index in [4.69, 9.17) is 20.9 Å². The molecule has 0 amide bonds. The van der Waals surface area contributed by atoms with Gasteiger partial charge in [-0.3, -0.25) is 4.90 Å². The molecule has 5 heterocycles. The van der Waals surface area contributed by atoms with Gasteiger partial charge in [-0.15, -0.1) is 6.42 Å². The normalized spacial score (nSPS) is 19.8. The van der Waals surface area contributed by atoms with E-state index in [-0.39, 0.29) is 70.2 Å². The van der Waals surface area contributed by atoms with Gasteiger partial charge < -0.3 is 24.8 Å². The number of pyridine rings is 1. The first kappa shape index (κ1) is 26.6. The number of hydrogen-bond donors (Lipinski definition) is 2. The van der Waals surface area contributed by atoms with E-state index in [2.05, 4.69) is 38.1 Å². The number of ether oxygens (including phenoxy) is 2. The Hall–Kier alpha value is -4.27. The minimum atomic E-state index is -0.774. The number of nitrogens with zero attached hydrogens (tertiary/aromatic N) is 5. The minimum Gasteiger partial charge on any atom is -0.508 e. The lowest BCUT2D eigenvalue weighted by molar-refractivity contribution is 0.112. The molecule has 3 aliphatic rings. The average molecular weight is 573 g/mol. The second-order valence-electron chi connectivity index (χ2n) is 11.2. The highest BCUT2D eigenvalue weighted by molar-refractivity contribution is 6.04. The summed E-state index contributed by atoms with van der Waals surface area (Å²) >= 11 is 0. The average Bonchev–Trinajstić information content (AvgIpc) is 3.30. The predicted octanol–water partition coefficient (Wildman–Crippen LogP) is 3.84. The number of terminal acetylenes is 1. The number of rotatable bonds is 5.